The van der Waals surface area contributed by atoms with Gasteiger partial charge in [0.25, 0.3) is 5.79 Å². The highest BCUT2D eigenvalue weighted by molar-refractivity contribution is 7.20. The van der Waals surface area contributed by atoms with Crippen LogP contribution in [0.5, 0.6) is 11.5 Å². The molecular weight excluding hydrogens is 508 g/mol. The minimum Gasteiger partial charge on any atom is -0.477 e. The second-order valence-electron chi connectivity index (χ2n) is 10.3. The highest BCUT2D eigenvalue weighted by Gasteiger charge is 2.43. The van der Waals surface area contributed by atoms with Gasteiger partial charge in [-0.05, 0) is 50.4 Å². The molecule has 0 aliphatic carbocycles. The maximum absolute atomic E-state index is 11.5. The number of benzene rings is 1. The molecule has 0 unspecified atom stereocenters. The number of para-hydroxylation sites is 1. The van der Waals surface area contributed by atoms with Crippen LogP contribution in [0.25, 0.3) is 10.3 Å². The number of aromatic carboxylic acids is 1. The van der Waals surface area contributed by atoms with Crippen LogP contribution in [-0.4, -0.2) is 56.3 Å². The number of ether oxygens (including phenoxy) is 3. The normalized spacial score (nSPS) is 23.7. The summed E-state index contributed by atoms with van der Waals surface area (Å²) in [6, 6.07) is 7.84. The molecule has 3 aliphatic heterocycles. The van der Waals surface area contributed by atoms with Gasteiger partial charge in [-0.15, -0.1) is 11.3 Å². The molecule has 11 heteroatoms. The average molecular weight is 537 g/mol. The minimum absolute atomic E-state index is 0.162. The standard InChI is InChI=1S/C27H28N4O6S/c1-27(22-14-34-15-28-22)36-20-4-2-3-18(24(20)37-27)16-5-8-30(9-6-16)13-23-29-25-19(11-21(38-25)26(32)33)31(23)12-17-7-10-35-17/h2-4,11,14-17H,5-10,12-13H2,1H3,(H,32,33)/t17-,27+/m0/s1. The first-order valence-corrected chi connectivity index (χ1v) is 13.7. The molecule has 7 rings (SSSR count). The van der Waals surface area contributed by atoms with Gasteiger partial charge in [-0.2, -0.15) is 0 Å². The molecule has 1 aromatic carbocycles. The Morgan fingerprint density at radius 2 is 2.08 bits per heavy atom. The molecule has 3 aliphatic rings. The summed E-state index contributed by atoms with van der Waals surface area (Å²) in [4.78, 5) is 24.1. The van der Waals surface area contributed by atoms with Crippen molar-refractivity contribution < 1.29 is 28.5 Å². The predicted molar refractivity (Wildman–Crippen MR) is 138 cm³/mol. The van der Waals surface area contributed by atoms with Crippen molar-refractivity contribution in [2.45, 2.75) is 57.1 Å². The van der Waals surface area contributed by atoms with E-state index in [0.717, 1.165) is 73.2 Å². The zero-order valence-electron chi connectivity index (χ0n) is 21.0. The Hall–Kier alpha value is -3.41. The number of rotatable bonds is 7. The van der Waals surface area contributed by atoms with E-state index in [1.165, 1.54) is 23.3 Å². The number of hydrogen-bond acceptors (Lipinski definition) is 9. The third-order valence-electron chi connectivity index (χ3n) is 7.82. The van der Waals surface area contributed by atoms with Gasteiger partial charge in [0.05, 0.1) is 24.7 Å². The lowest BCUT2D eigenvalue weighted by Gasteiger charge is -2.33. The lowest BCUT2D eigenvalue weighted by atomic mass is 9.88. The fourth-order valence-electron chi connectivity index (χ4n) is 5.64. The Labute approximate surface area is 222 Å². The average Bonchev–Trinajstić information content (AvgIpc) is 3.65. The van der Waals surface area contributed by atoms with Gasteiger partial charge in [0.15, 0.2) is 23.6 Å². The van der Waals surface area contributed by atoms with Crippen LogP contribution in [0, 0.1) is 0 Å². The van der Waals surface area contributed by atoms with Crippen molar-refractivity contribution in [1.29, 1.82) is 0 Å². The largest absolute Gasteiger partial charge is 0.477 e. The van der Waals surface area contributed by atoms with E-state index in [1.807, 2.05) is 19.1 Å². The molecule has 3 aromatic heterocycles. The number of carboxylic acids is 1. The first-order valence-electron chi connectivity index (χ1n) is 12.9. The number of likely N-dealkylation sites (tertiary alicyclic amines) is 1. The van der Waals surface area contributed by atoms with Crippen molar-refractivity contribution >= 4 is 27.7 Å². The van der Waals surface area contributed by atoms with Gasteiger partial charge in [0.1, 0.15) is 21.8 Å². The van der Waals surface area contributed by atoms with E-state index >= 15 is 0 Å². The van der Waals surface area contributed by atoms with Crippen LogP contribution in [-0.2, 0) is 23.6 Å². The fourth-order valence-corrected chi connectivity index (χ4v) is 6.53. The Bertz CT molecular complexity index is 1480. The molecule has 0 radical (unpaired) electrons. The molecule has 1 N–H and O–H groups in total. The third-order valence-corrected chi connectivity index (χ3v) is 8.82. The van der Waals surface area contributed by atoms with E-state index in [0.29, 0.717) is 23.0 Å². The summed E-state index contributed by atoms with van der Waals surface area (Å²) in [6.07, 6.45) is 6.10. The van der Waals surface area contributed by atoms with Gasteiger partial charge in [0, 0.05) is 19.1 Å². The lowest BCUT2D eigenvalue weighted by molar-refractivity contribution is -0.0722. The molecule has 10 nitrogen and oxygen atoms in total. The number of piperidine rings is 1. The molecule has 2 saturated heterocycles. The molecular formula is C27H28N4O6S. The predicted octanol–water partition coefficient (Wildman–Crippen LogP) is 4.60. The number of carbonyl (C=O) groups is 1. The molecule has 0 amide bonds. The topological polar surface area (TPSA) is 112 Å². The summed E-state index contributed by atoms with van der Waals surface area (Å²) in [5.41, 5.74) is 2.66. The van der Waals surface area contributed by atoms with Crippen LogP contribution in [0.3, 0.4) is 0 Å². The fraction of sp³-hybridized carbons (Fsp3) is 0.444. The van der Waals surface area contributed by atoms with Crippen molar-refractivity contribution in [2.24, 2.45) is 0 Å². The molecule has 2 atom stereocenters. The van der Waals surface area contributed by atoms with Gasteiger partial charge in [-0.3, -0.25) is 4.90 Å². The van der Waals surface area contributed by atoms with E-state index in [-0.39, 0.29) is 6.10 Å². The Morgan fingerprint density at radius 3 is 2.79 bits per heavy atom. The minimum atomic E-state index is -0.999. The molecule has 198 valence electrons. The molecule has 6 heterocycles. The summed E-state index contributed by atoms with van der Waals surface area (Å²) < 4.78 is 25.5. The van der Waals surface area contributed by atoms with Gasteiger partial charge in [0.2, 0.25) is 0 Å². The summed E-state index contributed by atoms with van der Waals surface area (Å²) in [6.45, 7) is 5.92. The molecule has 38 heavy (non-hydrogen) atoms. The van der Waals surface area contributed by atoms with Gasteiger partial charge >= 0.3 is 5.97 Å². The number of nitrogens with zero attached hydrogens (tertiary/aromatic N) is 4. The highest BCUT2D eigenvalue weighted by atomic mass is 32.1. The lowest BCUT2D eigenvalue weighted by Crippen LogP contribution is -2.35. The monoisotopic (exact) mass is 536 g/mol. The van der Waals surface area contributed by atoms with Crippen LogP contribution >= 0.6 is 11.3 Å². The summed E-state index contributed by atoms with van der Waals surface area (Å²) in [7, 11) is 0. The summed E-state index contributed by atoms with van der Waals surface area (Å²) in [5, 5.41) is 9.44. The Balaban J connectivity index is 1.07. The molecule has 0 saturated carbocycles. The van der Waals surface area contributed by atoms with Crippen LogP contribution in [0.1, 0.15) is 58.9 Å². The van der Waals surface area contributed by atoms with E-state index in [9.17, 15) is 9.90 Å². The van der Waals surface area contributed by atoms with Crippen LogP contribution < -0.4 is 9.47 Å². The smallest absolute Gasteiger partial charge is 0.346 e. The van der Waals surface area contributed by atoms with E-state index in [2.05, 4.69) is 20.5 Å². The van der Waals surface area contributed by atoms with Crippen molar-refractivity contribution in [3.8, 4) is 11.5 Å². The molecule has 4 aromatic rings. The number of fused-ring (bicyclic) bond motifs is 2. The number of oxazole rings is 1. The summed E-state index contributed by atoms with van der Waals surface area (Å²) >= 11 is 1.24. The second kappa shape index (κ2) is 9.11. The third kappa shape index (κ3) is 4.05. The summed E-state index contributed by atoms with van der Waals surface area (Å²) in [5.74, 6) is 0.942. The first-order chi connectivity index (χ1) is 18.5. The van der Waals surface area contributed by atoms with Crippen molar-refractivity contribution in [3.05, 3.63) is 58.9 Å². The Kier molecular flexibility index (Phi) is 5.68. The van der Waals surface area contributed by atoms with Gasteiger partial charge < -0.3 is 28.3 Å². The Morgan fingerprint density at radius 1 is 1.24 bits per heavy atom. The van der Waals surface area contributed by atoms with Crippen LogP contribution in [0.2, 0.25) is 0 Å². The van der Waals surface area contributed by atoms with E-state index in [1.54, 1.807) is 12.3 Å². The van der Waals surface area contributed by atoms with Gasteiger partial charge in [-0.1, -0.05) is 12.1 Å². The first kappa shape index (κ1) is 23.7. The number of imidazole rings is 1. The van der Waals surface area contributed by atoms with Crippen molar-refractivity contribution in [2.75, 3.05) is 19.7 Å². The van der Waals surface area contributed by atoms with E-state index < -0.39 is 11.8 Å². The van der Waals surface area contributed by atoms with E-state index in [4.69, 9.17) is 23.6 Å². The molecule has 0 bridgehead atoms. The quantitative estimate of drug-likeness (QED) is 0.362. The van der Waals surface area contributed by atoms with Crippen LogP contribution in [0.15, 0.2) is 41.3 Å². The molecule has 2 fully saturated rings. The SMILES string of the molecule is C[C@@]1(c2cocn2)Oc2cccc(C3CCN(Cc4nc5sc(C(=O)O)cc5n4C[C@@H]4CCO4)CC3)c2O1. The van der Waals surface area contributed by atoms with Crippen molar-refractivity contribution in [1.82, 2.24) is 19.4 Å². The maximum atomic E-state index is 11.5. The number of aromatic nitrogens is 3. The maximum Gasteiger partial charge on any atom is 0.346 e. The highest BCUT2D eigenvalue weighted by Crippen LogP contribution is 2.49. The second-order valence-corrected chi connectivity index (χ2v) is 11.3. The zero-order chi connectivity index (χ0) is 25.9. The molecule has 0 spiro atoms. The number of thiophene rings is 1. The zero-order valence-corrected chi connectivity index (χ0v) is 21.8. The van der Waals surface area contributed by atoms with Crippen LogP contribution in [0.4, 0.5) is 0 Å². The van der Waals surface area contributed by atoms with Crippen molar-refractivity contribution in [3.63, 3.8) is 0 Å². The number of hydrogen-bond donors (Lipinski definition) is 1. The van der Waals surface area contributed by atoms with Gasteiger partial charge in [-0.25, -0.2) is 14.8 Å². The number of carboxylic acid groups (broad SMARTS) is 1.